The second-order valence-corrected chi connectivity index (χ2v) is 3.22. The molecule has 0 aliphatic rings. The van der Waals surface area contributed by atoms with Crippen LogP contribution in [0.2, 0.25) is 0 Å². The van der Waals surface area contributed by atoms with Crippen molar-refractivity contribution in [3.63, 3.8) is 0 Å². The lowest BCUT2D eigenvalue weighted by atomic mass is 10.1. The summed E-state index contributed by atoms with van der Waals surface area (Å²) in [6.45, 7) is -0.404. The van der Waals surface area contributed by atoms with Gasteiger partial charge in [0.25, 0.3) is 0 Å². The van der Waals surface area contributed by atoms with Gasteiger partial charge >= 0.3 is 0 Å². The van der Waals surface area contributed by atoms with Gasteiger partial charge in [-0.05, 0) is 12.0 Å². The molecule has 4 nitrogen and oxygen atoms in total. The van der Waals surface area contributed by atoms with E-state index in [1.54, 1.807) is 6.08 Å². The summed E-state index contributed by atoms with van der Waals surface area (Å²) < 4.78 is 0. The highest BCUT2D eigenvalue weighted by Crippen LogP contribution is 2.03. The summed E-state index contributed by atoms with van der Waals surface area (Å²) in [5.74, 6) is 0. The minimum atomic E-state index is -0.903. The van der Waals surface area contributed by atoms with Crippen LogP contribution in [0.1, 0.15) is 12.0 Å². The number of hydrogen-bond acceptors (Lipinski definition) is 3. The molecule has 0 radical (unpaired) electrons. The van der Waals surface area contributed by atoms with Crippen LogP contribution in [0.15, 0.2) is 36.4 Å². The van der Waals surface area contributed by atoms with Crippen LogP contribution in [0.25, 0.3) is 6.08 Å². The standard InChI is InChI=1S/C11H13NO3/c13-11(9-12(14)15)8-4-7-10-5-2-1-3-6-10/h1-7,11,13H,8-9H2/b7-4+/t11-/m0/s1. The summed E-state index contributed by atoms with van der Waals surface area (Å²) in [7, 11) is 0. The first-order valence-electron chi connectivity index (χ1n) is 4.70. The van der Waals surface area contributed by atoms with Crippen molar-refractivity contribution in [1.82, 2.24) is 0 Å². The maximum absolute atomic E-state index is 10.1. The van der Waals surface area contributed by atoms with Crippen molar-refractivity contribution >= 4 is 6.08 Å². The molecule has 0 saturated carbocycles. The zero-order chi connectivity index (χ0) is 11.1. The minimum absolute atomic E-state index is 0.301. The van der Waals surface area contributed by atoms with Gasteiger partial charge in [0.2, 0.25) is 6.54 Å². The van der Waals surface area contributed by atoms with Crippen LogP contribution in [-0.2, 0) is 0 Å². The molecule has 1 rings (SSSR count). The monoisotopic (exact) mass is 207 g/mol. The summed E-state index contributed by atoms with van der Waals surface area (Å²) in [5, 5.41) is 19.3. The Morgan fingerprint density at radius 3 is 2.67 bits per heavy atom. The third-order valence-electron chi connectivity index (χ3n) is 1.88. The van der Waals surface area contributed by atoms with Gasteiger partial charge in [-0.3, -0.25) is 10.1 Å². The normalized spacial score (nSPS) is 12.9. The number of nitrogens with zero attached hydrogens (tertiary/aromatic N) is 1. The molecule has 0 bridgehead atoms. The molecule has 0 heterocycles. The summed E-state index contributed by atoms with van der Waals surface area (Å²) in [5.41, 5.74) is 1.02. The van der Waals surface area contributed by atoms with Crippen LogP contribution in [0.3, 0.4) is 0 Å². The van der Waals surface area contributed by atoms with E-state index in [1.165, 1.54) is 0 Å². The molecular weight excluding hydrogens is 194 g/mol. The van der Waals surface area contributed by atoms with E-state index >= 15 is 0 Å². The van der Waals surface area contributed by atoms with Crippen molar-refractivity contribution in [2.75, 3.05) is 6.54 Å². The minimum Gasteiger partial charge on any atom is -0.386 e. The first-order chi connectivity index (χ1) is 7.18. The SMILES string of the molecule is O=[N+]([O-])C[C@@H](O)C/C=C/c1ccccc1. The number of aliphatic hydroxyl groups excluding tert-OH is 1. The van der Waals surface area contributed by atoms with Crippen molar-refractivity contribution in [2.24, 2.45) is 0 Å². The highest BCUT2D eigenvalue weighted by atomic mass is 16.6. The maximum Gasteiger partial charge on any atom is 0.229 e. The van der Waals surface area contributed by atoms with E-state index in [0.717, 1.165) is 5.56 Å². The van der Waals surface area contributed by atoms with Gasteiger partial charge in [0.05, 0.1) is 0 Å². The lowest BCUT2D eigenvalue weighted by Crippen LogP contribution is -2.18. The second-order valence-electron chi connectivity index (χ2n) is 3.22. The topological polar surface area (TPSA) is 63.4 Å². The fourth-order valence-electron chi connectivity index (χ4n) is 1.17. The molecule has 0 amide bonds. The highest BCUT2D eigenvalue weighted by molar-refractivity contribution is 5.48. The average Bonchev–Trinajstić information content (AvgIpc) is 2.18. The van der Waals surface area contributed by atoms with E-state index in [4.69, 9.17) is 0 Å². The Morgan fingerprint density at radius 1 is 1.40 bits per heavy atom. The molecular formula is C11H13NO3. The van der Waals surface area contributed by atoms with Gasteiger partial charge in [-0.1, -0.05) is 42.5 Å². The van der Waals surface area contributed by atoms with Gasteiger partial charge in [-0.15, -0.1) is 0 Å². The third kappa shape index (κ3) is 4.93. The van der Waals surface area contributed by atoms with Crippen molar-refractivity contribution in [3.8, 4) is 0 Å². The molecule has 80 valence electrons. The second kappa shape index (κ2) is 5.93. The van der Waals surface area contributed by atoms with E-state index in [0.29, 0.717) is 6.42 Å². The lowest BCUT2D eigenvalue weighted by Gasteiger charge is -2.00. The van der Waals surface area contributed by atoms with Crippen LogP contribution in [0.4, 0.5) is 0 Å². The van der Waals surface area contributed by atoms with Crippen LogP contribution >= 0.6 is 0 Å². The Balaban J connectivity index is 2.37. The first kappa shape index (κ1) is 11.4. The number of rotatable bonds is 5. The smallest absolute Gasteiger partial charge is 0.229 e. The predicted molar refractivity (Wildman–Crippen MR) is 58.0 cm³/mol. The summed E-state index contributed by atoms with van der Waals surface area (Å²) in [6.07, 6.45) is 2.97. The molecule has 1 aromatic rings. The van der Waals surface area contributed by atoms with Gasteiger partial charge in [0.15, 0.2) is 0 Å². The Morgan fingerprint density at radius 2 is 2.07 bits per heavy atom. The molecule has 0 aromatic heterocycles. The van der Waals surface area contributed by atoms with Gasteiger partial charge in [-0.2, -0.15) is 0 Å². The van der Waals surface area contributed by atoms with Gasteiger partial charge in [-0.25, -0.2) is 0 Å². The van der Waals surface area contributed by atoms with Crippen LogP contribution < -0.4 is 0 Å². The molecule has 0 unspecified atom stereocenters. The van der Waals surface area contributed by atoms with E-state index < -0.39 is 17.6 Å². The average molecular weight is 207 g/mol. The number of nitro groups is 1. The fourth-order valence-corrected chi connectivity index (χ4v) is 1.17. The molecule has 0 saturated heterocycles. The summed E-state index contributed by atoms with van der Waals surface area (Å²) in [6, 6.07) is 9.59. The molecule has 15 heavy (non-hydrogen) atoms. The van der Waals surface area contributed by atoms with Crippen LogP contribution in [0.5, 0.6) is 0 Å². The van der Waals surface area contributed by atoms with Crippen molar-refractivity contribution < 1.29 is 10.0 Å². The maximum atomic E-state index is 10.1. The number of aliphatic hydroxyl groups is 1. The third-order valence-corrected chi connectivity index (χ3v) is 1.88. The Kier molecular flexibility index (Phi) is 4.50. The molecule has 0 spiro atoms. The van der Waals surface area contributed by atoms with E-state index in [-0.39, 0.29) is 0 Å². The molecule has 4 heteroatoms. The Hall–Kier alpha value is -1.68. The van der Waals surface area contributed by atoms with Crippen molar-refractivity contribution in [1.29, 1.82) is 0 Å². The molecule has 1 aromatic carbocycles. The molecule has 0 aliphatic heterocycles. The molecule has 0 aliphatic carbocycles. The molecule has 0 fully saturated rings. The zero-order valence-electron chi connectivity index (χ0n) is 8.24. The Bertz CT molecular complexity index is 335. The van der Waals surface area contributed by atoms with Crippen LogP contribution in [-0.4, -0.2) is 22.7 Å². The number of hydrogen-bond donors (Lipinski definition) is 1. The van der Waals surface area contributed by atoms with Crippen molar-refractivity contribution in [3.05, 3.63) is 52.1 Å². The van der Waals surface area contributed by atoms with Crippen molar-refractivity contribution in [2.45, 2.75) is 12.5 Å². The van der Waals surface area contributed by atoms with E-state index in [2.05, 4.69) is 0 Å². The number of benzene rings is 1. The van der Waals surface area contributed by atoms with Gasteiger partial charge in [0, 0.05) is 4.92 Å². The first-order valence-corrected chi connectivity index (χ1v) is 4.70. The summed E-state index contributed by atoms with van der Waals surface area (Å²) >= 11 is 0. The Labute approximate surface area is 88.0 Å². The quantitative estimate of drug-likeness (QED) is 0.590. The van der Waals surface area contributed by atoms with E-state index in [1.807, 2.05) is 36.4 Å². The largest absolute Gasteiger partial charge is 0.386 e. The van der Waals surface area contributed by atoms with Crippen LogP contribution in [0, 0.1) is 10.1 Å². The predicted octanol–water partition coefficient (Wildman–Crippen LogP) is 1.73. The highest BCUT2D eigenvalue weighted by Gasteiger charge is 2.08. The van der Waals surface area contributed by atoms with Gasteiger partial charge < -0.3 is 5.11 Å². The summed E-state index contributed by atoms with van der Waals surface area (Å²) in [4.78, 5) is 9.55. The zero-order valence-corrected chi connectivity index (χ0v) is 8.24. The molecule has 1 N–H and O–H groups in total. The lowest BCUT2D eigenvalue weighted by molar-refractivity contribution is -0.490. The van der Waals surface area contributed by atoms with Gasteiger partial charge in [0.1, 0.15) is 6.10 Å². The fraction of sp³-hybridized carbons (Fsp3) is 0.273. The molecule has 1 atom stereocenters. The van der Waals surface area contributed by atoms with E-state index in [9.17, 15) is 15.2 Å².